The quantitative estimate of drug-likeness (QED) is 0.840. The van der Waals surface area contributed by atoms with Crippen LogP contribution >= 0.6 is 0 Å². The molecular formula is C17H26FN. The molecule has 1 aliphatic rings. The number of hydrogen-bond acceptors (Lipinski definition) is 1. The summed E-state index contributed by atoms with van der Waals surface area (Å²) >= 11 is 0. The van der Waals surface area contributed by atoms with Crippen molar-refractivity contribution in [3.8, 4) is 0 Å². The van der Waals surface area contributed by atoms with E-state index in [0.29, 0.717) is 6.04 Å². The first-order valence-corrected chi connectivity index (χ1v) is 7.61. The molecule has 1 aromatic rings. The van der Waals surface area contributed by atoms with Gasteiger partial charge < -0.3 is 5.32 Å². The predicted molar refractivity (Wildman–Crippen MR) is 78.7 cm³/mol. The fourth-order valence-corrected chi connectivity index (χ4v) is 2.95. The van der Waals surface area contributed by atoms with E-state index in [1.54, 1.807) is 12.1 Å². The Morgan fingerprint density at radius 2 is 1.79 bits per heavy atom. The Bertz CT molecular complexity index is 365. The zero-order valence-electron chi connectivity index (χ0n) is 12.2. The smallest absolute Gasteiger partial charge is 0.123 e. The van der Waals surface area contributed by atoms with Crippen molar-refractivity contribution in [3.63, 3.8) is 0 Å². The summed E-state index contributed by atoms with van der Waals surface area (Å²) in [6, 6.07) is 7.32. The van der Waals surface area contributed by atoms with E-state index in [4.69, 9.17) is 0 Å². The lowest BCUT2D eigenvalue weighted by Gasteiger charge is -2.27. The first-order valence-electron chi connectivity index (χ1n) is 7.61. The SMILES string of the molecule is CC1CCC(CNC(C)Cc2ccc(F)cc2)CC1. The van der Waals surface area contributed by atoms with Gasteiger partial charge in [0.1, 0.15) is 5.82 Å². The van der Waals surface area contributed by atoms with Crippen molar-refractivity contribution in [3.05, 3.63) is 35.6 Å². The van der Waals surface area contributed by atoms with Crippen LogP contribution < -0.4 is 5.32 Å². The molecule has 1 unspecified atom stereocenters. The zero-order chi connectivity index (χ0) is 13.7. The molecule has 1 nitrogen and oxygen atoms in total. The molecule has 1 atom stereocenters. The summed E-state index contributed by atoms with van der Waals surface area (Å²) in [4.78, 5) is 0. The maximum absolute atomic E-state index is 12.8. The maximum atomic E-state index is 12.8. The predicted octanol–water partition coefficient (Wildman–Crippen LogP) is 4.17. The molecule has 0 bridgehead atoms. The second-order valence-electron chi connectivity index (χ2n) is 6.27. The summed E-state index contributed by atoms with van der Waals surface area (Å²) in [6.45, 7) is 5.71. The van der Waals surface area contributed by atoms with Gasteiger partial charge in [-0.15, -0.1) is 0 Å². The summed E-state index contributed by atoms with van der Waals surface area (Å²) in [5.74, 6) is 1.63. The molecule has 0 radical (unpaired) electrons. The van der Waals surface area contributed by atoms with Crippen LogP contribution in [0.5, 0.6) is 0 Å². The Morgan fingerprint density at radius 3 is 2.42 bits per heavy atom. The molecule has 0 aromatic heterocycles. The van der Waals surface area contributed by atoms with Gasteiger partial charge in [-0.2, -0.15) is 0 Å². The summed E-state index contributed by atoms with van der Waals surface area (Å²) in [7, 11) is 0. The minimum absolute atomic E-state index is 0.152. The monoisotopic (exact) mass is 263 g/mol. The van der Waals surface area contributed by atoms with E-state index in [0.717, 1.165) is 24.8 Å². The molecule has 0 spiro atoms. The van der Waals surface area contributed by atoms with E-state index < -0.39 is 0 Å². The highest BCUT2D eigenvalue weighted by Crippen LogP contribution is 2.27. The number of hydrogen-bond donors (Lipinski definition) is 1. The molecule has 106 valence electrons. The van der Waals surface area contributed by atoms with Gasteiger partial charge in [-0.3, -0.25) is 0 Å². The van der Waals surface area contributed by atoms with E-state index in [-0.39, 0.29) is 5.82 Å². The summed E-state index contributed by atoms with van der Waals surface area (Å²) in [5.41, 5.74) is 1.21. The van der Waals surface area contributed by atoms with Crippen molar-refractivity contribution >= 4 is 0 Å². The number of nitrogens with one attached hydrogen (secondary N) is 1. The van der Waals surface area contributed by atoms with Crippen LogP contribution in [0.25, 0.3) is 0 Å². The largest absolute Gasteiger partial charge is 0.314 e. The van der Waals surface area contributed by atoms with Crippen molar-refractivity contribution in [2.75, 3.05) is 6.54 Å². The van der Waals surface area contributed by atoms with Gasteiger partial charge in [0.25, 0.3) is 0 Å². The van der Waals surface area contributed by atoms with E-state index in [1.165, 1.54) is 31.2 Å². The molecule has 2 heteroatoms. The Hall–Kier alpha value is -0.890. The Labute approximate surface area is 116 Å². The van der Waals surface area contributed by atoms with Crippen LogP contribution in [0.4, 0.5) is 4.39 Å². The van der Waals surface area contributed by atoms with E-state index in [2.05, 4.69) is 19.2 Å². The van der Waals surface area contributed by atoms with Gasteiger partial charge in [-0.05, 0) is 62.3 Å². The van der Waals surface area contributed by atoms with E-state index in [1.807, 2.05) is 12.1 Å². The van der Waals surface area contributed by atoms with Crippen LogP contribution in [0.1, 0.15) is 45.1 Å². The van der Waals surface area contributed by atoms with Crippen molar-refractivity contribution in [1.82, 2.24) is 5.32 Å². The van der Waals surface area contributed by atoms with Crippen molar-refractivity contribution in [2.45, 2.75) is 52.0 Å². The molecule has 1 fully saturated rings. The lowest BCUT2D eigenvalue weighted by molar-refractivity contribution is 0.275. The van der Waals surface area contributed by atoms with Crippen LogP contribution in [-0.2, 0) is 6.42 Å². The molecule has 2 rings (SSSR count). The molecule has 1 saturated carbocycles. The topological polar surface area (TPSA) is 12.0 Å². The molecule has 0 heterocycles. The molecule has 1 aromatic carbocycles. The van der Waals surface area contributed by atoms with Crippen LogP contribution in [0.2, 0.25) is 0 Å². The standard InChI is InChI=1S/C17H26FN/c1-13-3-5-16(6-4-13)12-19-14(2)11-15-7-9-17(18)10-8-15/h7-10,13-14,16,19H,3-6,11-12H2,1-2H3. The van der Waals surface area contributed by atoms with Gasteiger partial charge in [0.15, 0.2) is 0 Å². The van der Waals surface area contributed by atoms with Crippen molar-refractivity contribution < 1.29 is 4.39 Å². The maximum Gasteiger partial charge on any atom is 0.123 e. The average Bonchev–Trinajstić information content (AvgIpc) is 2.41. The van der Waals surface area contributed by atoms with Gasteiger partial charge in [0.05, 0.1) is 0 Å². The Kier molecular flexibility index (Phi) is 5.38. The third kappa shape index (κ3) is 4.94. The average molecular weight is 263 g/mol. The van der Waals surface area contributed by atoms with Gasteiger partial charge in [0.2, 0.25) is 0 Å². The van der Waals surface area contributed by atoms with Gasteiger partial charge in [-0.25, -0.2) is 4.39 Å². The minimum Gasteiger partial charge on any atom is -0.314 e. The first-order chi connectivity index (χ1) is 9.13. The van der Waals surface area contributed by atoms with Gasteiger partial charge in [0, 0.05) is 6.04 Å². The molecule has 19 heavy (non-hydrogen) atoms. The Morgan fingerprint density at radius 1 is 1.16 bits per heavy atom. The number of halogens is 1. The van der Waals surface area contributed by atoms with Crippen molar-refractivity contribution in [2.24, 2.45) is 11.8 Å². The molecular weight excluding hydrogens is 237 g/mol. The lowest BCUT2D eigenvalue weighted by atomic mass is 9.83. The first kappa shape index (κ1) is 14.5. The zero-order valence-corrected chi connectivity index (χ0v) is 12.2. The van der Waals surface area contributed by atoms with Crippen LogP contribution in [0, 0.1) is 17.7 Å². The Balaban J connectivity index is 1.69. The molecule has 1 N–H and O–H groups in total. The molecule has 0 aliphatic heterocycles. The lowest BCUT2D eigenvalue weighted by Crippen LogP contribution is -2.34. The van der Waals surface area contributed by atoms with Crippen LogP contribution in [-0.4, -0.2) is 12.6 Å². The highest BCUT2D eigenvalue weighted by molar-refractivity contribution is 5.16. The van der Waals surface area contributed by atoms with E-state index in [9.17, 15) is 4.39 Å². The second-order valence-corrected chi connectivity index (χ2v) is 6.27. The van der Waals surface area contributed by atoms with Crippen LogP contribution in [0.3, 0.4) is 0 Å². The number of benzene rings is 1. The summed E-state index contributed by atoms with van der Waals surface area (Å²) < 4.78 is 12.8. The van der Waals surface area contributed by atoms with E-state index >= 15 is 0 Å². The van der Waals surface area contributed by atoms with Gasteiger partial charge in [-0.1, -0.05) is 31.9 Å². The van der Waals surface area contributed by atoms with Crippen LogP contribution in [0.15, 0.2) is 24.3 Å². The summed E-state index contributed by atoms with van der Waals surface area (Å²) in [6.07, 6.45) is 6.50. The number of rotatable bonds is 5. The third-order valence-electron chi connectivity index (χ3n) is 4.35. The normalized spacial score (nSPS) is 25.2. The molecule has 0 saturated heterocycles. The van der Waals surface area contributed by atoms with Crippen molar-refractivity contribution in [1.29, 1.82) is 0 Å². The third-order valence-corrected chi connectivity index (χ3v) is 4.35. The minimum atomic E-state index is -0.152. The fourth-order valence-electron chi connectivity index (χ4n) is 2.95. The fraction of sp³-hybridized carbons (Fsp3) is 0.647. The highest BCUT2D eigenvalue weighted by atomic mass is 19.1. The molecule has 0 amide bonds. The van der Waals surface area contributed by atoms with Gasteiger partial charge >= 0.3 is 0 Å². The summed E-state index contributed by atoms with van der Waals surface area (Å²) in [5, 5.41) is 3.64. The molecule has 1 aliphatic carbocycles. The highest BCUT2D eigenvalue weighted by Gasteiger charge is 2.18. The second kappa shape index (κ2) is 7.04.